The van der Waals surface area contributed by atoms with Gasteiger partial charge in [-0.1, -0.05) is 0 Å². The summed E-state index contributed by atoms with van der Waals surface area (Å²) in [6, 6.07) is 3.93. The maximum absolute atomic E-state index is 4.23. The lowest BCUT2D eigenvalue weighted by molar-refractivity contribution is 0.448. The van der Waals surface area contributed by atoms with Crippen molar-refractivity contribution in [2.45, 2.75) is 19.4 Å². The molecule has 1 aromatic heterocycles. The first-order valence-corrected chi connectivity index (χ1v) is 5.37. The Labute approximate surface area is 93.4 Å². The topological polar surface area (TPSA) is 37.0 Å². The first-order chi connectivity index (χ1) is 6.53. The molecule has 0 saturated carbocycles. The smallest absolute Gasteiger partial charge is 0.126 e. The minimum atomic E-state index is 0.0781. The van der Waals surface area contributed by atoms with Gasteiger partial charge in [0.05, 0.1) is 0 Å². The van der Waals surface area contributed by atoms with Crippen LogP contribution < -0.4 is 10.6 Å². The number of hydrogen-bond donors (Lipinski definition) is 2. The van der Waals surface area contributed by atoms with Gasteiger partial charge in [-0.05, 0) is 49.0 Å². The normalized spacial score (nSPS) is 11.4. The molecule has 4 heteroatoms. The predicted molar refractivity (Wildman–Crippen MR) is 63.6 cm³/mol. The van der Waals surface area contributed by atoms with Crippen LogP contribution in [0.1, 0.15) is 13.8 Å². The van der Waals surface area contributed by atoms with Crippen molar-refractivity contribution < 1.29 is 0 Å². The number of nitrogens with zero attached hydrogens (tertiary/aromatic N) is 1. The number of pyridine rings is 1. The van der Waals surface area contributed by atoms with Gasteiger partial charge in [0.2, 0.25) is 0 Å². The van der Waals surface area contributed by atoms with Crippen molar-refractivity contribution in [3.05, 3.63) is 22.8 Å². The predicted octanol–water partition coefficient (Wildman–Crippen LogP) is 2.25. The molecular formula is C10H16BrN3. The van der Waals surface area contributed by atoms with E-state index in [2.05, 4.69) is 45.4 Å². The van der Waals surface area contributed by atoms with Crippen LogP contribution >= 0.6 is 15.9 Å². The Bertz CT molecular complexity index is 282. The van der Waals surface area contributed by atoms with Gasteiger partial charge in [0.1, 0.15) is 5.82 Å². The Morgan fingerprint density at radius 3 is 2.64 bits per heavy atom. The summed E-state index contributed by atoms with van der Waals surface area (Å²) < 4.78 is 0.996. The van der Waals surface area contributed by atoms with Gasteiger partial charge in [-0.3, -0.25) is 0 Å². The summed E-state index contributed by atoms with van der Waals surface area (Å²) in [6.45, 7) is 5.12. The molecule has 78 valence electrons. The van der Waals surface area contributed by atoms with Gasteiger partial charge in [0, 0.05) is 22.8 Å². The van der Waals surface area contributed by atoms with Crippen LogP contribution in [0, 0.1) is 0 Å². The van der Waals surface area contributed by atoms with Crippen LogP contribution in [0.25, 0.3) is 0 Å². The summed E-state index contributed by atoms with van der Waals surface area (Å²) in [6.07, 6.45) is 1.79. The zero-order valence-corrected chi connectivity index (χ0v) is 10.4. The molecule has 2 N–H and O–H groups in total. The van der Waals surface area contributed by atoms with Crippen LogP contribution in [0.2, 0.25) is 0 Å². The van der Waals surface area contributed by atoms with Crippen LogP contribution in [0.15, 0.2) is 22.8 Å². The van der Waals surface area contributed by atoms with Crippen molar-refractivity contribution in [1.29, 1.82) is 0 Å². The third-order valence-corrected chi connectivity index (χ3v) is 2.58. The lowest BCUT2D eigenvalue weighted by Crippen LogP contribution is -2.42. The molecule has 0 radical (unpaired) electrons. The number of hydrogen-bond acceptors (Lipinski definition) is 3. The molecule has 0 saturated heterocycles. The third-order valence-electron chi connectivity index (χ3n) is 2.12. The highest BCUT2D eigenvalue weighted by Crippen LogP contribution is 2.11. The van der Waals surface area contributed by atoms with Crippen molar-refractivity contribution in [3.8, 4) is 0 Å². The zero-order chi connectivity index (χ0) is 10.6. The second-order valence-corrected chi connectivity index (χ2v) is 4.76. The maximum atomic E-state index is 4.23. The number of anilines is 1. The Morgan fingerprint density at radius 2 is 2.14 bits per heavy atom. The number of rotatable bonds is 4. The van der Waals surface area contributed by atoms with E-state index in [4.69, 9.17) is 0 Å². The molecule has 0 aromatic carbocycles. The van der Waals surface area contributed by atoms with Crippen LogP contribution in [0.5, 0.6) is 0 Å². The number of nitrogens with one attached hydrogen (secondary N) is 2. The molecule has 0 amide bonds. The van der Waals surface area contributed by atoms with Crippen LogP contribution in [-0.4, -0.2) is 24.1 Å². The van der Waals surface area contributed by atoms with Gasteiger partial charge in [0.15, 0.2) is 0 Å². The van der Waals surface area contributed by atoms with Crippen LogP contribution in [0.4, 0.5) is 5.82 Å². The summed E-state index contributed by atoms with van der Waals surface area (Å²) >= 11 is 3.35. The maximum Gasteiger partial charge on any atom is 0.126 e. The van der Waals surface area contributed by atoms with E-state index in [9.17, 15) is 0 Å². The Balaban J connectivity index is 2.50. The quantitative estimate of drug-likeness (QED) is 0.869. The highest BCUT2D eigenvalue weighted by molar-refractivity contribution is 9.10. The van der Waals surface area contributed by atoms with E-state index in [1.54, 1.807) is 6.20 Å². The van der Waals surface area contributed by atoms with Crippen LogP contribution in [-0.2, 0) is 0 Å². The summed E-state index contributed by atoms with van der Waals surface area (Å²) in [7, 11) is 1.96. The Morgan fingerprint density at radius 1 is 1.43 bits per heavy atom. The summed E-state index contributed by atoms with van der Waals surface area (Å²) in [4.78, 5) is 4.23. The molecule has 0 bridgehead atoms. The van der Waals surface area contributed by atoms with Crippen molar-refractivity contribution in [1.82, 2.24) is 10.3 Å². The standard InChI is InChI=1S/C10H16BrN3/c1-10(2,12-3)7-14-9-5-4-8(11)6-13-9/h4-6,12H,7H2,1-3H3,(H,13,14). The molecule has 1 rings (SSSR count). The van der Waals surface area contributed by atoms with Gasteiger partial charge in [0.25, 0.3) is 0 Å². The van der Waals surface area contributed by atoms with Gasteiger partial charge < -0.3 is 10.6 Å². The number of halogens is 1. The van der Waals surface area contributed by atoms with Gasteiger partial charge in [-0.15, -0.1) is 0 Å². The summed E-state index contributed by atoms with van der Waals surface area (Å²) in [5.41, 5.74) is 0.0781. The molecule has 3 nitrogen and oxygen atoms in total. The lowest BCUT2D eigenvalue weighted by atomic mass is 10.1. The van der Waals surface area contributed by atoms with E-state index >= 15 is 0 Å². The second kappa shape index (κ2) is 4.75. The Hall–Kier alpha value is -0.610. The molecule has 1 aromatic rings. The third kappa shape index (κ3) is 3.64. The molecule has 0 aliphatic carbocycles. The van der Waals surface area contributed by atoms with Crippen molar-refractivity contribution in [3.63, 3.8) is 0 Å². The van der Waals surface area contributed by atoms with Crippen molar-refractivity contribution in [2.24, 2.45) is 0 Å². The lowest BCUT2D eigenvalue weighted by Gasteiger charge is -2.24. The minimum Gasteiger partial charge on any atom is -0.368 e. The Kier molecular flexibility index (Phi) is 3.89. The van der Waals surface area contributed by atoms with E-state index in [-0.39, 0.29) is 5.54 Å². The van der Waals surface area contributed by atoms with E-state index in [0.717, 1.165) is 16.8 Å². The monoisotopic (exact) mass is 257 g/mol. The fourth-order valence-corrected chi connectivity index (χ4v) is 1.11. The first-order valence-electron chi connectivity index (χ1n) is 4.58. The highest BCUT2D eigenvalue weighted by Gasteiger charge is 2.13. The van der Waals surface area contributed by atoms with Gasteiger partial charge in [-0.25, -0.2) is 4.98 Å². The van der Waals surface area contributed by atoms with E-state index in [1.807, 2.05) is 19.2 Å². The molecule has 14 heavy (non-hydrogen) atoms. The van der Waals surface area contributed by atoms with Gasteiger partial charge in [-0.2, -0.15) is 0 Å². The molecule has 0 spiro atoms. The van der Waals surface area contributed by atoms with Crippen molar-refractivity contribution >= 4 is 21.7 Å². The molecule has 0 fully saturated rings. The molecule has 0 aliphatic rings. The molecule has 1 heterocycles. The fourth-order valence-electron chi connectivity index (χ4n) is 0.880. The average molecular weight is 258 g/mol. The zero-order valence-electron chi connectivity index (χ0n) is 8.76. The van der Waals surface area contributed by atoms with Crippen LogP contribution in [0.3, 0.4) is 0 Å². The number of aromatic nitrogens is 1. The van der Waals surface area contributed by atoms with E-state index in [0.29, 0.717) is 0 Å². The van der Waals surface area contributed by atoms with E-state index in [1.165, 1.54) is 0 Å². The summed E-state index contributed by atoms with van der Waals surface area (Å²) in [5, 5.41) is 6.49. The number of likely N-dealkylation sites (N-methyl/N-ethyl adjacent to an activating group) is 1. The molecular weight excluding hydrogens is 242 g/mol. The second-order valence-electron chi connectivity index (χ2n) is 3.85. The van der Waals surface area contributed by atoms with E-state index < -0.39 is 0 Å². The largest absolute Gasteiger partial charge is 0.368 e. The minimum absolute atomic E-state index is 0.0781. The average Bonchev–Trinajstić information content (AvgIpc) is 2.17. The fraction of sp³-hybridized carbons (Fsp3) is 0.500. The molecule has 0 unspecified atom stereocenters. The van der Waals surface area contributed by atoms with Crippen molar-refractivity contribution in [2.75, 3.05) is 18.9 Å². The summed E-state index contributed by atoms with van der Waals surface area (Å²) in [5.74, 6) is 0.900. The SMILES string of the molecule is CNC(C)(C)CNc1ccc(Br)cn1. The highest BCUT2D eigenvalue weighted by atomic mass is 79.9. The first kappa shape index (κ1) is 11.5. The van der Waals surface area contributed by atoms with Gasteiger partial charge >= 0.3 is 0 Å². The molecule has 0 atom stereocenters. The molecule has 0 aliphatic heterocycles.